The number of nitrogens with one attached hydrogen (secondary N) is 1. The molecule has 1 amide bonds. The number of ether oxygens (including phenoxy) is 2. The zero-order chi connectivity index (χ0) is 26.1. The maximum atomic E-state index is 11.7. The van der Waals surface area contributed by atoms with E-state index in [-0.39, 0.29) is 5.91 Å². The number of pyridine rings is 1. The third kappa shape index (κ3) is 4.84. The van der Waals surface area contributed by atoms with E-state index in [2.05, 4.69) is 25.2 Å². The molecule has 1 N–H and O–H groups in total. The van der Waals surface area contributed by atoms with Crippen molar-refractivity contribution in [2.45, 2.75) is 6.92 Å². The number of anilines is 3. The molecule has 0 radical (unpaired) electrons. The van der Waals surface area contributed by atoms with E-state index in [1.165, 1.54) is 0 Å². The molecule has 4 aromatic rings. The van der Waals surface area contributed by atoms with Crippen LogP contribution in [0.25, 0.3) is 22.3 Å². The van der Waals surface area contributed by atoms with E-state index in [0.29, 0.717) is 60.0 Å². The van der Waals surface area contributed by atoms with Crippen LogP contribution in [-0.2, 0) is 11.8 Å². The molecule has 4 heterocycles. The fourth-order valence-electron chi connectivity index (χ4n) is 4.52. The molecule has 1 fully saturated rings. The van der Waals surface area contributed by atoms with Crippen LogP contribution in [0.4, 0.5) is 17.3 Å². The molecule has 0 atom stereocenters. The lowest BCUT2D eigenvalue weighted by molar-refractivity contribution is -0.129. The Kier molecular flexibility index (Phi) is 6.75. The zero-order valence-electron chi connectivity index (χ0n) is 21.2. The summed E-state index contributed by atoms with van der Waals surface area (Å²) in [7, 11) is 5.19. The van der Waals surface area contributed by atoms with Crippen molar-refractivity contribution in [3.63, 3.8) is 0 Å². The molecule has 192 valence electrons. The van der Waals surface area contributed by atoms with Gasteiger partial charge in [0, 0.05) is 75.6 Å². The summed E-state index contributed by atoms with van der Waals surface area (Å²) in [4.78, 5) is 29.3. The molecule has 1 saturated heterocycles. The maximum absolute atomic E-state index is 11.7. The van der Waals surface area contributed by atoms with Gasteiger partial charge in [-0.2, -0.15) is 0 Å². The van der Waals surface area contributed by atoms with Gasteiger partial charge in [-0.25, -0.2) is 15.0 Å². The minimum absolute atomic E-state index is 0.0885. The van der Waals surface area contributed by atoms with E-state index >= 15 is 0 Å². The number of rotatable bonds is 6. The minimum Gasteiger partial charge on any atom is -0.494 e. The van der Waals surface area contributed by atoms with Gasteiger partial charge in [0.05, 0.1) is 42.5 Å². The van der Waals surface area contributed by atoms with E-state index in [1.54, 1.807) is 33.5 Å². The largest absolute Gasteiger partial charge is 0.494 e. The van der Waals surface area contributed by atoms with Crippen molar-refractivity contribution in [3.8, 4) is 22.8 Å². The van der Waals surface area contributed by atoms with Crippen molar-refractivity contribution in [1.29, 1.82) is 0 Å². The van der Waals surface area contributed by atoms with Crippen molar-refractivity contribution in [1.82, 2.24) is 24.4 Å². The van der Waals surface area contributed by atoms with E-state index in [1.807, 2.05) is 47.0 Å². The highest BCUT2D eigenvalue weighted by Gasteiger charge is 2.23. The highest BCUT2D eigenvalue weighted by Crippen LogP contribution is 2.40. The molecule has 1 aromatic carbocycles. The second-order valence-electron chi connectivity index (χ2n) is 8.80. The third-order valence-corrected chi connectivity index (χ3v) is 6.81. The van der Waals surface area contributed by atoms with Crippen LogP contribution in [0.3, 0.4) is 0 Å². The number of methoxy groups -OCH3 is 2. The Bertz CT molecular complexity index is 1460. The number of piperazine rings is 1. The second-order valence-corrected chi connectivity index (χ2v) is 9.20. The molecule has 5 rings (SSSR count). The van der Waals surface area contributed by atoms with Crippen LogP contribution < -0.4 is 19.7 Å². The number of carbonyl (C=O) groups is 1. The Labute approximate surface area is 219 Å². The highest BCUT2D eigenvalue weighted by molar-refractivity contribution is 6.33. The summed E-state index contributed by atoms with van der Waals surface area (Å²) in [6, 6.07) is 7.79. The predicted molar refractivity (Wildman–Crippen MR) is 144 cm³/mol. The van der Waals surface area contributed by atoms with E-state index < -0.39 is 0 Å². The number of aryl methyl sites for hydroxylation is 1. The monoisotopic (exact) mass is 521 g/mol. The van der Waals surface area contributed by atoms with Crippen LogP contribution in [0.2, 0.25) is 5.02 Å². The number of fused-ring (bicyclic) bond motifs is 1. The van der Waals surface area contributed by atoms with Crippen molar-refractivity contribution in [2.24, 2.45) is 7.05 Å². The number of halogens is 1. The summed E-state index contributed by atoms with van der Waals surface area (Å²) in [5.74, 6) is 1.73. The normalized spacial score (nSPS) is 13.6. The van der Waals surface area contributed by atoms with Gasteiger partial charge in [-0.3, -0.25) is 4.79 Å². The van der Waals surface area contributed by atoms with Gasteiger partial charge in [-0.15, -0.1) is 0 Å². The second kappa shape index (κ2) is 10.1. The molecule has 1 aliphatic heterocycles. The van der Waals surface area contributed by atoms with Gasteiger partial charge in [0.25, 0.3) is 0 Å². The summed E-state index contributed by atoms with van der Waals surface area (Å²) in [5, 5.41) is 4.67. The predicted octanol–water partition coefficient (Wildman–Crippen LogP) is 4.11. The fraction of sp³-hybridized carbons (Fsp3) is 0.308. The van der Waals surface area contributed by atoms with Crippen LogP contribution >= 0.6 is 11.6 Å². The summed E-state index contributed by atoms with van der Waals surface area (Å²) in [6.07, 6.45) is 5.28. The molecule has 3 aromatic heterocycles. The molecular weight excluding hydrogens is 494 g/mol. The lowest BCUT2D eigenvalue weighted by atomic mass is 10.1. The van der Waals surface area contributed by atoms with Crippen molar-refractivity contribution >= 4 is 45.9 Å². The quantitative estimate of drug-likeness (QED) is 0.405. The van der Waals surface area contributed by atoms with Crippen LogP contribution in [0, 0.1) is 0 Å². The molecule has 0 bridgehead atoms. The minimum atomic E-state index is 0.0885. The van der Waals surface area contributed by atoms with Gasteiger partial charge in [-0.1, -0.05) is 11.6 Å². The first-order valence-corrected chi connectivity index (χ1v) is 12.2. The number of amides is 1. The average molecular weight is 522 g/mol. The van der Waals surface area contributed by atoms with Crippen LogP contribution in [-0.4, -0.2) is 70.7 Å². The van der Waals surface area contributed by atoms with Crippen molar-refractivity contribution in [2.75, 3.05) is 50.6 Å². The molecule has 10 nitrogen and oxygen atoms in total. The highest BCUT2D eigenvalue weighted by atomic mass is 35.5. The molecular formula is C26H28ClN7O3. The van der Waals surface area contributed by atoms with Gasteiger partial charge >= 0.3 is 0 Å². The first-order chi connectivity index (χ1) is 17.9. The van der Waals surface area contributed by atoms with Crippen LogP contribution in [0.15, 0.2) is 42.9 Å². The number of carbonyl (C=O) groups excluding carboxylic acids is 1. The summed E-state index contributed by atoms with van der Waals surface area (Å²) in [6.45, 7) is 4.32. The standard InChI is InChI=1S/C26H28ClN7O3/c1-16(35)33-7-9-34(10-8-33)21-13-22(36-3)20(12-23(21)37-4)30-26-29-15-19(27)24(31-26)18-11-17-5-6-32(2)25(17)28-14-18/h5-6,11-15H,7-10H2,1-4H3,(H,29,30,31). The smallest absolute Gasteiger partial charge is 0.227 e. The Hall–Kier alpha value is -4.05. The molecule has 0 aliphatic carbocycles. The van der Waals surface area contributed by atoms with Crippen LogP contribution in [0.1, 0.15) is 6.92 Å². The van der Waals surface area contributed by atoms with Gasteiger partial charge in [0.2, 0.25) is 11.9 Å². The van der Waals surface area contributed by atoms with Gasteiger partial charge in [0.1, 0.15) is 17.1 Å². The first-order valence-electron chi connectivity index (χ1n) is 11.9. The van der Waals surface area contributed by atoms with Crippen molar-refractivity contribution in [3.05, 3.63) is 47.9 Å². The molecule has 0 saturated carbocycles. The maximum Gasteiger partial charge on any atom is 0.227 e. The molecule has 1 aliphatic rings. The Morgan fingerprint density at radius 1 is 1.03 bits per heavy atom. The third-order valence-electron chi connectivity index (χ3n) is 6.54. The Morgan fingerprint density at radius 3 is 2.49 bits per heavy atom. The Morgan fingerprint density at radius 2 is 1.78 bits per heavy atom. The zero-order valence-corrected chi connectivity index (χ0v) is 21.9. The fourth-order valence-corrected chi connectivity index (χ4v) is 4.72. The number of nitrogens with zero attached hydrogens (tertiary/aromatic N) is 6. The molecule has 11 heteroatoms. The molecule has 37 heavy (non-hydrogen) atoms. The number of aromatic nitrogens is 4. The molecule has 0 spiro atoms. The topological polar surface area (TPSA) is 97.6 Å². The van der Waals surface area contributed by atoms with E-state index in [9.17, 15) is 4.79 Å². The van der Waals surface area contributed by atoms with Gasteiger partial charge in [-0.05, 0) is 12.1 Å². The van der Waals surface area contributed by atoms with Crippen LogP contribution in [0.5, 0.6) is 11.5 Å². The lowest BCUT2D eigenvalue weighted by Gasteiger charge is -2.36. The van der Waals surface area contributed by atoms with E-state index in [4.69, 9.17) is 21.1 Å². The van der Waals surface area contributed by atoms with E-state index in [0.717, 1.165) is 22.3 Å². The SMILES string of the molecule is COc1cc(N2CCN(C(C)=O)CC2)c(OC)cc1Nc1ncc(Cl)c(-c2cnc3c(ccn3C)c2)n1. The number of hydrogen-bond acceptors (Lipinski definition) is 8. The summed E-state index contributed by atoms with van der Waals surface area (Å²) < 4.78 is 13.4. The summed E-state index contributed by atoms with van der Waals surface area (Å²) >= 11 is 6.47. The van der Waals surface area contributed by atoms with Gasteiger partial charge < -0.3 is 29.2 Å². The first kappa shape index (κ1) is 24.6. The average Bonchev–Trinajstić information content (AvgIpc) is 3.29. The summed E-state index contributed by atoms with van der Waals surface area (Å²) in [5.41, 5.74) is 3.79. The number of hydrogen-bond donors (Lipinski definition) is 1. The number of benzene rings is 1. The molecule has 0 unspecified atom stereocenters. The van der Waals surface area contributed by atoms with Gasteiger partial charge in [0.15, 0.2) is 0 Å². The van der Waals surface area contributed by atoms with Crippen molar-refractivity contribution < 1.29 is 14.3 Å². The Balaban J connectivity index is 1.44. The lowest BCUT2D eigenvalue weighted by Crippen LogP contribution is -2.48.